The van der Waals surface area contributed by atoms with Gasteiger partial charge in [0.15, 0.2) is 22.3 Å². The fraction of sp³-hybridized carbons (Fsp3) is 0.476. The van der Waals surface area contributed by atoms with E-state index in [1.54, 1.807) is 6.07 Å². The van der Waals surface area contributed by atoms with E-state index in [-0.39, 0.29) is 41.8 Å². The van der Waals surface area contributed by atoms with Gasteiger partial charge in [-0.25, -0.2) is 22.9 Å². The standard InChI is InChI=1S/C21H27N3O7S2/c1-13(2)19-18(20(26)29-3)24-21(32-19)23-17(25)6-4-9-22-33(27,28)14-7-8-15-16(12-14)31-11-5-10-30-15/h7-8,12-13,22H,4-6,9-11H2,1-3H3,(H,23,24,25). The molecule has 0 saturated heterocycles. The molecule has 1 aliphatic rings. The van der Waals surface area contributed by atoms with E-state index in [0.717, 1.165) is 11.3 Å². The van der Waals surface area contributed by atoms with E-state index >= 15 is 0 Å². The molecule has 1 aromatic carbocycles. The Morgan fingerprint density at radius 2 is 1.94 bits per heavy atom. The summed E-state index contributed by atoms with van der Waals surface area (Å²) in [6, 6.07) is 4.46. The molecule has 1 aromatic heterocycles. The summed E-state index contributed by atoms with van der Waals surface area (Å²) >= 11 is 1.22. The molecule has 0 atom stereocenters. The van der Waals surface area contributed by atoms with Crippen molar-refractivity contribution in [2.75, 3.05) is 32.2 Å². The van der Waals surface area contributed by atoms with Crippen molar-refractivity contribution in [3.63, 3.8) is 0 Å². The van der Waals surface area contributed by atoms with Gasteiger partial charge >= 0.3 is 5.97 Å². The van der Waals surface area contributed by atoms with Crippen molar-refractivity contribution in [2.45, 2.75) is 43.9 Å². The maximum Gasteiger partial charge on any atom is 0.357 e. The molecule has 0 unspecified atom stereocenters. The van der Waals surface area contributed by atoms with Crippen molar-refractivity contribution in [1.82, 2.24) is 9.71 Å². The van der Waals surface area contributed by atoms with E-state index < -0.39 is 16.0 Å². The van der Waals surface area contributed by atoms with Gasteiger partial charge in [-0.2, -0.15) is 0 Å². The number of rotatable bonds is 9. The van der Waals surface area contributed by atoms with Crippen molar-refractivity contribution in [3.05, 3.63) is 28.8 Å². The predicted molar refractivity (Wildman–Crippen MR) is 123 cm³/mol. The largest absolute Gasteiger partial charge is 0.490 e. The Morgan fingerprint density at radius 1 is 1.21 bits per heavy atom. The van der Waals surface area contributed by atoms with Crippen LogP contribution in [0.2, 0.25) is 0 Å². The number of esters is 1. The number of anilines is 1. The third-order valence-electron chi connectivity index (χ3n) is 4.70. The van der Waals surface area contributed by atoms with Crippen LogP contribution < -0.4 is 19.5 Å². The van der Waals surface area contributed by atoms with Crippen LogP contribution in [0.3, 0.4) is 0 Å². The first-order valence-electron chi connectivity index (χ1n) is 10.5. The number of carbonyl (C=O) groups excluding carboxylic acids is 2. The zero-order chi connectivity index (χ0) is 24.0. The van der Waals surface area contributed by atoms with E-state index in [1.807, 2.05) is 13.8 Å². The maximum atomic E-state index is 12.6. The smallest absolute Gasteiger partial charge is 0.357 e. The Kier molecular flexibility index (Phi) is 8.27. The molecule has 12 heteroatoms. The summed E-state index contributed by atoms with van der Waals surface area (Å²) in [7, 11) is -2.49. The second-order valence-corrected chi connectivity index (χ2v) is 10.4. The van der Waals surface area contributed by atoms with Gasteiger partial charge in [0.25, 0.3) is 0 Å². The summed E-state index contributed by atoms with van der Waals surface area (Å²) < 4.78 is 43.4. The molecule has 1 aliphatic heterocycles. The van der Waals surface area contributed by atoms with Gasteiger partial charge in [-0.3, -0.25) is 4.79 Å². The maximum absolute atomic E-state index is 12.6. The lowest BCUT2D eigenvalue weighted by Gasteiger charge is -2.11. The number of aromatic nitrogens is 1. The van der Waals surface area contributed by atoms with E-state index in [0.29, 0.717) is 29.8 Å². The third-order valence-corrected chi connectivity index (χ3v) is 7.43. The van der Waals surface area contributed by atoms with Crippen LogP contribution in [0.15, 0.2) is 23.1 Å². The number of hydrogen-bond acceptors (Lipinski definition) is 9. The highest BCUT2D eigenvalue weighted by Gasteiger charge is 2.22. The van der Waals surface area contributed by atoms with Gasteiger partial charge in [-0.1, -0.05) is 13.8 Å². The minimum Gasteiger partial charge on any atom is -0.490 e. The van der Waals surface area contributed by atoms with E-state index in [2.05, 4.69) is 15.0 Å². The molecule has 10 nitrogen and oxygen atoms in total. The number of methoxy groups -OCH3 is 1. The van der Waals surface area contributed by atoms with Crippen LogP contribution in [0, 0.1) is 0 Å². The van der Waals surface area contributed by atoms with Crippen LogP contribution >= 0.6 is 11.3 Å². The lowest BCUT2D eigenvalue weighted by atomic mass is 10.1. The summed E-state index contributed by atoms with van der Waals surface area (Å²) in [5.41, 5.74) is 0.190. The second-order valence-electron chi connectivity index (χ2n) is 7.59. The number of hydrogen-bond donors (Lipinski definition) is 2. The monoisotopic (exact) mass is 497 g/mol. The molecule has 2 heterocycles. The summed E-state index contributed by atoms with van der Waals surface area (Å²) in [6.45, 7) is 4.88. The zero-order valence-corrected chi connectivity index (χ0v) is 20.3. The highest BCUT2D eigenvalue weighted by atomic mass is 32.2. The summed E-state index contributed by atoms with van der Waals surface area (Å²) in [5.74, 6) is 0.0676. The number of nitrogens with zero attached hydrogens (tertiary/aromatic N) is 1. The number of nitrogens with one attached hydrogen (secondary N) is 2. The lowest BCUT2D eigenvalue weighted by Crippen LogP contribution is -2.25. The van der Waals surface area contributed by atoms with Crippen LogP contribution in [0.1, 0.15) is 54.4 Å². The Balaban J connectivity index is 1.52. The molecule has 3 rings (SSSR count). The Labute approximate surface area is 196 Å². The van der Waals surface area contributed by atoms with Crippen LogP contribution in [-0.4, -0.2) is 52.1 Å². The molecule has 0 radical (unpaired) electrons. The Morgan fingerprint density at radius 3 is 2.64 bits per heavy atom. The average Bonchev–Trinajstić information content (AvgIpc) is 3.05. The van der Waals surface area contributed by atoms with Gasteiger partial charge in [0, 0.05) is 30.3 Å². The summed E-state index contributed by atoms with van der Waals surface area (Å²) in [5, 5.41) is 2.96. The first kappa shape index (κ1) is 24.9. The lowest BCUT2D eigenvalue weighted by molar-refractivity contribution is -0.116. The third kappa shape index (κ3) is 6.42. The fourth-order valence-corrected chi connectivity index (χ4v) is 5.11. The number of sulfonamides is 1. The molecule has 0 aliphatic carbocycles. The van der Waals surface area contributed by atoms with Crippen molar-refractivity contribution in [1.29, 1.82) is 0 Å². The molecule has 0 fully saturated rings. The number of carbonyl (C=O) groups is 2. The van der Waals surface area contributed by atoms with Crippen molar-refractivity contribution in [2.24, 2.45) is 0 Å². The molecule has 33 heavy (non-hydrogen) atoms. The van der Waals surface area contributed by atoms with Gasteiger partial charge in [-0.05, 0) is 24.5 Å². The van der Waals surface area contributed by atoms with Crippen LogP contribution in [0.5, 0.6) is 11.5 Å². The first-order valence-corrected chi connectivity index (χ1v) is 12.8. The van der Waals surface area contributed by atoms with Gasteiger partial charge in [0.2, 0.25) is 15.9 Å². The molecular formula is C21H27N3O7S2. The number of benzene rings is 1. The minimum absolute atomic E-state index is 0.0431. The Bertz CT molecular complexity index is 1110. The Hall–Kier alpha value is -2.70. The van der Waals surface area contributed by atoms with Crippen molar-refractivity contribution < 1.29 is 32.2 Å². The van der Waals surface area contributed by atoms with Crippen LogP contribution in [-0.2, 0) is 19.6 Å². The normalized spacial score (nSPS) is 13.5. The molecule has 2 N–H and O–H groups in total. The molecule has 0 saturated carbocycles. The average molecular weight is 498 g/mol. The number of ether oxygens (including phenoxy) is 3. The van der Waals surface area contributed by atoms with Gasteiger partial charge < -0.3 is 19.5 Å². The van der Waals surface area contributed by atoms with Crippen molar-refractivity contribution in [3.8, 4) is 11.5 Å². The van der Waals surface area contributed by atoms with Crippen LogP contribution in [0.4, 0.5) is 5.13 Å². The number of amides is 1. The fourth-order valence-electron chi connectivity index (χ4n) is 3.05. The van der Waals surface area contributed by atoms with E-state index in [1.165, 1.54) is 30.6 Å². The molecule has 0 spiro atoms. The predicted octanol–water partition coefficient (Wildman–Crippen LogP) is 2.91. The zero-order valence-electron chi connectivity index (χ0n) is 18.7. The number of fused-ring (bicyclic) bond motifs is 1. The molecule has 0 bridgehead atoms. The highest BCUT2D eigenvalue weighted by molar-refractivity contribution is 7.89. The topological polar surface area (TPSA) is 133 Å². The molecule has 180 valence electrons. The van der Waals surface area contributed by atoms with Gasteiger partial charge in [-0.15, -0.1) is 11.3 Å². The summed E-state index contributed by atoms with van der Waals surface area (Å²) in [4.78, 5) is 29.1. The van der Waals surface area contributed by atoms with Crippen molar-refractivity contribution >= 4 is 38.4 Å². The van der Waals surface area contributed by atoms with Crippen LogP contribution in [0.25, 0.3) is 0 Å². The van der Waals surface area contributed by atoms with E-state index in [9.17, 15) is 18.0 Å². The molecule has 1 amide bonds. The van der Waals surface area contributed by atoms with E-state index in [4.69, 9.17) is 14.2 Å². The molecule has 2 aromatic rings. The summed E-state index contributed by atoms with van der Waals surface area (Å²) in [6.07, 6.45) is 1.08. The van der Waals surface area contributed by atoms with Gasteiger partial charge in [0.05, 0.1) is 25.2 Å². The molecular weight excluding hydrogens is 470 g/mol. The second kappa shape index (κ2) is 10.9. The van der Waals surface area contributed by atoms with Gasteiger partial charge in [0.1, 0.15) is 0 Å². The highest BCUT2D eigenvalue weighted by Crippen LogP contribution is 2.32. The quantitative estimate of drug-likeness (QED) is 0.399. The minimum atomic E-state index is -3.77. The SMILES string of the molecule is COC(=O)c1nc(NC(=O)CCCNS(=O)(=O)c2ccc3c(c2)OCCCO3)sc1C(C)C. The number of thiazole rings is 1. The first-order chi connectivity index (χ1) is 15.7.